The number of benzene rings is 2. The molecule has 1 aliphatic carbocycles. The lowest BCUT2D eigenvalue weighted by Crippen LogP contribution is -2.31. The highest BCUT2D eigenvalue weighted by Gasteiger charge is 2.29. The molecule has 5 nitrogen and oxygen atoms in total. The standard InChI is InChI=1S/C30H35N3O2/c1-20-9-6-12-21-13-7-15-24(28(20)21)27-17-26-25(19-34-27)29(22-10-4-3-5-11-22)32-30(31-26)35-18-23-14-8-16-33(23)2/h6-7,9-10,12-13,15,23,27H,3-5,8,11,14,16-19H2,1-2H3/t23-,27?/m0/s1. The summed E-state index contributed by atoms with van der Waals surface area (Å²) in [5, 5.41) is 2.56. The van der Waals surface area contributed by atoms with Crippen LogP contribution < -0.4 is 4.74 Å². The van der Waals surface area contributed by atoms with Gasteiger partial charge < -0.3 is 14.4 Å². The molecule has 0 saturated carbocycles. The molecule has 2 aromatic carbocycles. The summed E-state index contributed by atoms with van der Waals surface area (Å²) in [7, 11) is 2.18. The van der Waals surface area contributed by atoms with Crippen LogP contribution in [-0.4, -0.2) is 41.1 Å². The van der Waals surface area contributed by atoms with Gasteiger partial charge in [-0.25, -0.2) is 0 Å². The third-order valence-corrected chi connectivity index (χ3v) is 8.04. The van der Waals surface area contributed by atoms with Crippen LogP contribution in [0.2, 0.25) is 0 Å². The van der Waals surface area contributed by atoms with Crippen LogP contribution in [0, 0.1) is 6.92 Å². The van der Waals surface area contributed by atoms with Crippen LogP contribution in [-0.2, 0) is 17.8 Å². The van der Waals surface area contributed by atoms with Crippen molar-refractivity contribution in [2.45, 2.75) is 70.6 Å². The zero-order valence-corrected chi connectivity index (χ0v) is 20.9. The molecule has 2 aliphatic heterocycles. The van der Waals surface area contributed by atoms with E-state index in [-0.39, 0.29) is 6.10 Å². The monoisotopic (exact) mass is 469 g/mol. The minimum Gasteiger partial charge on any atom is -0.462 e. The molecule has 182 valence electrons. The summed E-state index contributed by atoms with van der Waals surface area (Å²) in [6, 6.07) is 14.0. The molecule has 0 spiro atoms. The van der Waals surface area contributed by atoms with E-state index in [2.05, 4.69) is 61.3 Å². The van der Waals surface area contributed by atoms with Gasteiger partial charge in [-0.15, -0.1) is 0 Å². The number of hydrogen-bond donors (Lipinski definition) is 0. The molecule has 3 aromatic rings. The van der Waals surface area contributed by atoms with Gasteiger partial charge in [0.15, 0.2) is 0 Å². The second-order valence-electron chi connectivity index (χ2n) is 10.4. The number of ether oxygens (including phenoxy) is 2. The van der Waals surface area contributed by atoms with Gasteiger partial charge in [0.25, 0.3) is 0 Å². The fourth-order valence-corrected chi connectivity index (χ4v) is 6.02. The summed E-state index contributed by atoms with van der Waals surface area (Å²) < 4.78 is 12.8. The molecule has 3 heterocycles. The quantitative estimate of drug-likeness (QED) is 0.446. The summed E-state index contributed by atoms with van der Waals surface area (Å²) in [5.74, 6) is 0. The molecule has 1 fully saturated rings. The minimum absolute atomic E-state index is 0.0239. The molecule has 2 atom stereocenters. The molecule has 1 saturated heterocycles. The molecular weight excluding hydrogens is 434 g/mol. The molecule has 1 aromatic heterocycles. The van der Waals surface area contributed by atoms with Gasteiger partial charge in [-0.1, -0.05) is 42.5 Å². The molecule has 5 heteroatoms. The first kappa shape index (κ1) is 22.7. The van der Waals surface area contributed by atoms with E-state index in [0.717, 1.165) is 42.8 Å². The topological polar surface area (TPSA) is 47.5 Å². The van der Waals surface area contributed by atoms with E-state index in [4.69, 9.17) is 19.4 Å². The van der Waals surface area contributed by atoms with Gasteiger partial charge in [0.1, 0.15) is 6.61 Å². The van der Waals surface area contributed by atoms with Gasteiger partial charge in [-0.05, 0) is 86.5 Å². The van der Waals surface area contributed by atoms with E-state index < -0.39 is 0 Å². The highest BCUT2D eigenvalue weighted by atomic mass is 16.5. The lowest BCUT2D eigenvalue weighted by atomic mass is 9.90. The van der Waals surface area contributed by atoms with Crippen molar-refractivity contribution in [3.63, 3.8) is 0 Å². The minimum atomic E-state index is -0.0239. The smallest absolute Gasteiger partial charge is 0.317 e. The lowest BCUT2D eigenvalue weighted by Gasteiger charge is -2.29. The normalized spacial score (nSPS) is 22.7. The van der Waals surface area contributed by atoms with Crippen LogP contribution >= 0.6 is 0 Å². The van der Waals surface area contributed by atoms with E-state index in [9.17, 15) is 0 Å². The Morgan fingerprint density at radius 2 is 1.97 bits per heavy atom. The molecule has 3 aliphatic rings. The maximum atomic E-state index is 6.53. The SMILES string of the molecule is Cc1cccc2cccc(C3Cc4nc(OC[C@@H]5CCCN5C)nc(C5=CCCCC5)c4CO3)c12. The van der Waals surface area contributed by atoms with Gasteiger partial charge in [-0.2, -0.15) is 9.97 Å². The van der Waals surface area contributed by atoms with Crippen molar-refractivity contribution in [2.24, 2.45) is 0 Å². The molecule has 1 unspecified atom stereocenters. The van der Waals surface area contributed by atoms with Crippen LogP contribution in [0.4, 0.5) is 0 Å². The van der Waals surface area contributed by atoms with Crippen molar-refractivity contribution >= 4 is 16.3 Å². The second kappa shape index (κ2) is 9.71. The third kappa shape index (κ3) is 4.48. The number of likely N-dealkylation sites (tertiary alicyclic amines) is 1. The number of rotatable bonds is 5. The average Bonchev–Trinajstić information content (AvgIpc) is 3.31. The summed E-state index contributed by atoms with van der Waals surface area (Å²) in [6.07, 6.45) is 10.2. The lowest BCUT2D eigenvalue weighted by molar-refractivity contribution is 0.0260. The van der Waals surface area contributed by atoms with E-state index in [1.165, 1.54) is 53.2 Å². The highest BCUT2D eigenvalue weighted by Crippen LogP contribution is 2.38. The van der Waals surface area contributed by atoms with Crippen LogP contribution in [0.15, 0.2) is 42.5 Å². The van der Waals surface area contributed by atoms with Crippen LogP contribution in [0.25, 0.3) is 16.3 Å². The Balaban J connectivity index is 1.35. The van der Waals surface area contributed by atoms with Crippen LogP contribution in [0.5, 0.6) is 6.01 Å². The number of nitrogens with zero attached hydrogens (tertiary/aromatic N) is 3. The fraction of sp³-hybridized carbons (Fsp3) is 0.467. The fourth-order valence-electron chi connectivity index (χ4n) is 6.02. The van der Waals surface area contributed by atoms with E-state index in [0.29, 0.717) is 25.3 Å². The Labute approximate surface area is 208 Å². The molecule has 0 amide bonds. The van der Waals surface area contributed by atoms with E-state index in [1.807, 2.05) is 0 Å². The largest absolute Gasteiger partial charge is 0.462 e. The molecule has 35 heavy (non-hydrogen) atoms. The summed E-state index contributed by atoms with van der Waals surface area (Å²) >= 11 is 0. The van der Waals surface area contributed by atoms with Gasteiger partial charge in [0, 0.05) is 18.0 Å². The maximum absolute atomic E-state index is 6.53. The number of hydrogen-bond acceptors (Lipinski definition) is 5. The summed E-state index contributed by atoms with van der Waals surface area (Å²) in [4.78, 5) is 12.3. The molecule has 0 N–H and O–H groups in total. The van der Waals surface area contributed by atoms with Crippen LogP contribution in [0.1, 0.15) is 72.7 Å². The first-order chi connectivity index (χ1) is 17.2. The Morgan fingerprint density at radius 3 is 2.77 bits per heavy atom. The summed E-state index contributed by atoms with van der Waals surface area (Å²) in [5.41, 5.74) is 7.15. The third-order valence-electron chi connectivity index (χ3n) is 8.04. The molecule has 6 rings (SSSR count). The first-order valence-corrected chi connectivity index (χ1v) is 13.2. The van der Waals surface area contributed by atoms with Crippen LogP contribution in [0.3, 0.4) is 0 Å². The maximum Gasteiger partial charge on any atom is 0.317 e. The zero-order valence-electron chi connectivity index (χ0n) is 20.9. The van der Waals surface area contributed by atoms with Crippen molar-refractivity contribution in [3.8, 4) is 6.01 Å². The summed E-state index contributed by atoms with van der Waals surface area (Å²) in [6.45, 7) is 4.52. The molecule has 0 radical (unpaired) electrons. The Hall–Kier alpha value is -2.76. The van der Waals surface area contributed by atoms with Crippen molar-refractivity contribution in [3.05, 3.63) is 70.6 Å². The van der Waals surface area contributed by atoms with Gasteiger partial charge in [0.2, 0.25) is 0 Å². The second-order valence-corrected chi connectivity index (χ2v) is 10.4. The predicted molar refractivity (Wildman–Crippen MR) is 140 cm³/mol. The number of fused-ring (bicyclic) bond motifs is 2. The Bertz CT molecular complexity index is 1260. The molecule has 0 bridgehead atoms. The Kier molecular flexibility index (Phi) is 6.29. The molecular formula is C30H35N3O2. The van der Waals surface area contributed by atoms with Crippen molar-refractivity contribution in [2.75, 3.05) is 20.2 Å². The number of allylic oxidation sites excluding steroid dienone is 2. The van der Waals surface area contributed by atoms with Gasteiger partial charge in [-0.3, -0.25) is 0 Å². The predicted octanol–water partition coefficient (Wildman–Crippen LogP) is 6.18. The highest BCUT2D eigenvalue weighted by molar-refractivity contribution is 5.89. The van der Waals surface area contributed by atoms with Gasteiger partial charge in [0.05, 0.1) is 24.1 Å². The van der Waals surface area contributed by atoms with Gasteiger partial charge >= 0.3 is 6.01 Å². The average molecular weight is 470 g/mol. The first-order valence-electron chi connectivity index (χ1n) is 13.2. The van der Waals surface area contributed by atoms with Crippen molar-refractivity contribution in [1.29, 1.82) is 0 Å². The number of aromatic nitrogens is 2. The van der Waals surface area contributed by atoms with E-state index >= 15 is 0 Å². The number of likely N-dealkylation sites (N-methyl/N-ethyl adjacent to an activating group) is 1. The van der Waals surface area contributed by atoms with Crippen molar-refractivity contribution in [1.82, 2.24) is 14.9 Å². The Morgan fingerprint density at radius 1 is 1.09 bits per heavy atom. The zero-order chi connectivity index (χ0) is 23.8. The van der Waals surface area contributed by atoms with Crippen molar-refractivity contribution < 1.29 is 9.47 Å². The number of aryl methyl sites for hydroxylation is 1. The van der Waals surface area contributed by atoms with E-state index in [1.54, 1.807) is 0 Å².